The van der Waals surface area contributed by atoms with E-state index < -0.39 is 11.9 Å². The van der Waals surface area contributed by atoms with Crippen LogP contribution < -0.4 is 4.74 Å². The number of hydrogen-bond donors (Lipinski definition) is 1. The van der Waals surface area contributed by atoms with E-state index in [2.05, 4.69) is 0 Å². The molecule has 0 bridgehead atoms. The molecule has 1 saturated heterocycles. The van der Waals surface area contributed by atoms with E-state index in [0.717, 1.165) is 24.0 Å². The van der Waals surface area contributed by atoms with Crippen molar-refractivity contribution in [1.29, 1.82) is 0 Å². The molecule has 27 heavy (non-hydrogen) atoms. The molecule has 2 atom stereocenters. The van der Waals surface area contributed by atoms with Gasteiger partial charge in [-0.15, -0.1) is 0 Å². The molecule has 1 amide bonds. The lowest BCUT2D eigenvalue weighted by Crippen LogP contribution is -2.34. The zero-order chi connectivity index (χ0) is 18.8. The van der Waals surface area contributed by atoms with Crippen molar-refractivity contribution >= 4 is 11.9 Å². The number of carboxylic acid groups (broad SMARTS) is 1. The SMILES string of the molecule is O=C(O)[C@H]1CN(C(=O)COc2ccccc2-c2ccccc2)C[C@@H]1C1CC1. The number of carbonyl (C=O) groups excluding carboxylic acids is 1. The first-order valence-electron chi connectivity index (χ1n) is 9.41. The van der Waals surface area contributed by atoms with Gasteiger partial charge in [-0.2, -0.15) is 0 Å². The number of aliphatic carboxylic acids is 1. The van der Waals surface area contributed by atoms with E-state index in [1.54, 1.807) is 4.90 Å². The number of carbonyl (C=O) groups is 2. The molecule has 2 aliphatic rings. The van der Waals surface area contributed by atoms with Crippen LogP contribution in [0.3, 0.4) is 0 Å². The van der Waals surface area contributed by atoms with Gasteiger partial charge in [0.2, 0.25) is 0 Å². The van der Waals surface area contributed by atoms with E-state index >= 15 is 0 Å². The summed E-state index contributed by atoms with van der Waals surface area (Å²) in [5.74, 6) is -0.181. The molecule has 2 aromatic carbocycles. The quantitative estimate of drug-likeness (QED) is 0.853. The molecule has 140 valence electrons. The van der Waals surface area contributed by atoms with Gasteiger partial charge in [-0.1, -0.05) is 48.5 Å². The number of nitrogens with zero attached hydrogens (tertiary/aromatic N) is 1. The first-order chi connectivity index (χ1) is 13.1. The van der Waals surface area contributed by atoms with Gasteiger partial charge in [-0.05, 0) is 36.3 Å². The fourth-order valence-corrected chi connectivity index (χ4v) is 3.98. The van der Waals surface area contributed by atoms with E-state index in [0.29, 0.717) is 24.8 Å². The highest BCUT2D eigenvalue weighted by atomic mass is 16.5. The summed E-state index contributed by atoms with van der Waals surface area (Å²) in [5.41, 5.74) is 1.97. The van der Waals surface area contributed by atoms with Crippen LogP contribution in [0, 0.1) is 17.8 Å². The van der Waals surface area contributed by atoms with Crippen molar-refractivity contribution in [3.05, 3.63) is 54.6 Å². The van der Waals surface area contributed by atoms with Crippen LogP contribution in [0.25, 0.3) is 11.1 Å². The Balaban J connectivity index is 1.42. The van der Waals surface area contributed by atoms with Crippen LogP contribution in [0.4, 0.5) is 0 Å². The summed E-state index contributed by atoms with van der Waals surface area (Å²) in [5, 5.41) is 9.46. The Labute approximate surface area is 158 Å². The van der Waals surface area contributed by atoms with Crippen molar-refractivity contribution in [3.63, 3.8) is 0 Å². The molecule has 4 rings (SSSR count). The molecule has 1 saturated carbocycles. The van der Waals surface area contributed by atoms with Crippen molar-refractivity contribution < 1.29 is 19.4 Å². The van der Waals surface area contributed by atoms with Gasteiger partial charge in [0.25, 0.3) is 5.91 Å². The maximum atomic E-state index is 12.6. The lowest BCUT2D eigenvalue weighted by atomic mass is 9.92. The Morgan fingerprint density at radius 2 is 1.70 bits per heavy atom. The molecular formula is C22H23NO4. The fraction of sp³-hybridized carbons (Fsp3) is 0.364. The number of amides is 1. The molecule has 0 radical (unpaired) electrons. The first-order valence-corrected chi connectivity index (χ1v) is 9.41. The van der Waals surface area contributed by atoms with Gasteiger partial charge in [0.1, 0.15) is 5.75 Å². The Morgan fingerprint density at radius 3 is 2.41 bits per heavy atom. The van der Waals surface area contributed by atoms with Gasteiger partial charge in [-0.25, -0.2) is 0 Å². The van der Waals surface area contributed by atoms with E-state index in [-0.39, 0.29) is 18.4 Å². The maximum absolute atomic E-state index is 12.6. The van der Waals surface area contributed by atoms with Gasteiger partial charge >= 0.3 is 5.97 Å². The normalized spacial score (nSPS) is 21.9. The second-order valence-electron chi connectivity index (χ2n) is 7.40. The third-order valence-corrected chi connectivity index (χ3v) is 5.59. The van der Waals surface area contributed by atoms with Crippen molar-refractivity contribution in [2.24, 2.45) is 17.8 Å². The second kappa shape index (κ2) is 7.43. The first kappa shape index (κ1) is 17.6. The van der Waals surface area contributed by atoms with Gasteiger partial charge in [-0.3, -0.25) is 9.59 Å². The van der Waals surface area contributed by atoms with Gasteiger partial charge in [0.15, 0.2) is 6.61 Å². The van der Waals surface area contributed by atoms with E-state index in [1.807, 2.05) is 54.6 Å². The average molecular weight is 365 g/mol. The third-order valence-electron chi connectivity index (χ3n) is 5.59. The minimum absolute atomic E-state index is 0.0758. The highest BCUT2D eigenvalue weighted by molar-refractivity contribution is 5.80. The maximum Gasteiger partial charge on any atom is 0.308 e. The number of ether oxygens (including phenoxy) is 1. The minimum Gasteiger partial charge on any atom is -0.483 e. The van der Waals surface area contributed by atoms with Crippen molar-refractivity contribution in [2.45, 2.75) is 12.8 Å². The standard InChI is InChI=1S/C22H23NO4/c24-21(23-12-18(16-10-11-16)19(13-23)22(25)26)14-27-20-9-5-4-8-17(20)15-6-2-1-3-7-15/h1-9,16,18-19H,10-14H2,(H,25,26)/t18-,19+/m1/s1. The van der Waals surface area contributed by atoms with Crippen molar-refractivity contribution in [3.8, 4) is 16.9 Å². The summed E-state index contributed by atoms with van der Waals surface area (Å²) in [6, 6.07) is 17.5. The second-order valence-corrected chi connectivity index (χ2v) is 7.40. The molecule has 0 unspecified atom stereocenters. The number of likely N-dealkylation sites (tertiary alicyclic amines) is 1. The molecule has 1 aliphatic carbocycles. The number of para-hydroxylation sites is 1. The fourth-order valence-electron chi connectivity index (χ4n) is 3.98. The van der Waals surface area contributed by atoms with Gasteiger partial charge < -0.3 is 14.7 Å². The summed E-state index contributed by atoms with van der Waals surface area (Å²) in [4.78, 5) is 25.8. The molecule has 0 spiro atoms. The average Bonchev–Trinajstić information content (AvgIpc) is 3.44. The molecule has 1 heterocycles. The van der Waals surface area contributed by atoms with Gasteiger partial charge in [0.05, 0.1) is 5.92 Å². The van der Waals surface area contributed by atoms with E-state index in [1.165, 1.54) is 0 Å². The summed E-state index contributed by atoms with van der Waals surface area (Å²) in [7, 11) is 0. The van der Waals surface area contributed by atoms with E-state index in [4.69, 9.17) is 4.74 Å². The lowest BCUT2D eigenvalue weighted by Gasteiger charge is -2.18. The molecule has 5 nitrogen and oxygen atoms in total. The lowest BCUT2D eigenvalue weighted by molar-refractivity contribution is -0.142. The van der Waals surface area contributed by atoms with E-state index in [9.17, 15) is 14.7 Å². The topological polar surface area (TPSA) is 66.8 Å². The van der Waals surface area contributed by atoms with Crippen LogP contribution in [0.15, 0.2) is 54.6 Å². The number of rotatable bonds is 6. The summed E-state index contributed by atoms with van der Waals surface area (Å²) < 4.78 is 5.83. The summed E-state index contributed by atoms with van der Waals surface area (Å²) >= 11 is 0. The minimum atomic E-state index is -0.794. The Hall–Kier alpha value is -2.82. The van der Waals surface area contributed by atoms with Crippen LogP contribution in [-0.2, 0) is 9.59 Å². The zero-order valence-electron chi connectivity index (χ0n) is 15.1. The third kappa shape index (κ3) is 3.82. The smallest absolute Gasteiger partial charge is 0.308 e. The predicted molar refractivity (Wildman–Crippen MR) is 101 cm³/mol. The highest BCUT2D eigenvalue weighted by Gasteiger charge is 2.46. The Morgan fingerprint density at radius 1 is 1.00 bits per heavy atom. The Kier molecular flexibility index (Phi) is 4.84. The molecule has 1 aliphatic heterocycles. The number of benzene rings is 2. The largest absolute Gasteiger partial charge is 0.483 e. The predicted octanol–water partition coefficient (Wildman–Crippen LogP) is 3.30. The van der Waals surface area contributed by atoms with Gasteiger partial charge in [0, 0.05) is 18.7 Å². The van der Waals surface area contributed by atoms with Crippen LogP contribution >= 0.6 is 0 Å². The van der Waals surface area contributed by atoms with Crippen LogP contribution in [0.1, 0.15) is 12.8 Å². The molecule has 0 aromatic heterocycles. The number of carboxylic acids is 1. The zero-order valence-corrected chi connectivity index (χ0v) is 15.1. The monoisotopic (exact) mass is 365 g/mol. The summed E-state index contributed by atoms with van der Waals surface area (Å²) in [6.45, 7) is 0.747. The van der Waals surface area contributed by atoms with Crippen molar-refractivity contribution in [2.75, 3.05) is 19.7 Å². The summed E-state index contributed by atoms with van der Waals surface area (Å²) in [6.07, 6.45) is 2.16. The van der Waals surface area contributed by atoms with Crippen LogP contribution in [0.5, 0.6) is 5.75 Å². The number of hydrogen-bond acceptors (Lipinski definition) is 3. The van der Waals surface area contributed by atoms with Crippen molar-refractivity contribution in [1.82, 2.24) is 4.90 Å². The van der Waals surface area contributed by atoms with Crippen LogP contribution in [-0.4, -0.2) is 41.6 Å². The van der Waals surface area contributed by atoms with Crippen LogP contribution in [0.2, 0.25) is 0 Å². The molecule has 1 N–H and O–H groups in total. The molecule has 5 heteroatoms. The molecule has 2 fully saturated rings. The Bertz CT molecular complexity index is 831. The highest BCUT2D eigenvalue weighted by Crippen LogP contribution is 2.44. The molecule has 2 aromatic rings. The molecular weight excluding hydrogens is 342 g/mol.